The summed E-state index contributed by atoms with van der Waals surface area (Å²) in [4.78, 5) is 43.3. The van der Waals surface area contributed by atoms with Crippen molar-refractivity contribution in [2.45, 2.75) is 33.2 Å². The summed E-state index contributed by atoms with van der Waals surface area (Å²) in [6.07, 6.45) is 2.41. The summed E-state index contributed by atoms with van der Waals surface area (Å²) in [6, 6.07) is 9.35. The summed E-state index contributed by atoms with van der Waals surface area (Å²) >= 11 is 1.17. The number of hydrogen-bond acceptors (Lipinski definition) is 10. The second-order valence-electron chi connectivity index (χ2n) is 9.12. The van der Waals surface area contributed by atoms with Gasteiger partial charge in [-0.15, -0.1) is 0 Å². The van der Waals surface area contributed by atoms with E-state index in [0.29, 0.717) is 50.0 Å². The van der Waals surface area contributed by atoms with Crippen molar-refractivity contribution in [3.63, 3.8) is 0 Å². The van der Waals surface area contributed by atoms with Crippen LogP contribution >= 0.6 is 11.3 Å². The molecule has 0 fully saturated rings. The van der Waals surface area contributed by atoms with E-state index in [4.69, 9.17) is 28.8 Å². The fourth-order valence-corrected chi connectivity index (χ4v) is 5.58. The van der Waals surface area contributed by atoms with Crippen molar-refractivity contribution in [1.29, 1.82) is 0 Å². The number of carboxylic acid groups (broad SMARTS) is 1. The maximum absolute atomic E-state index is 14.0. The summed E-state index contributed by atoms with van der Waals surface area (Å²) in [5.41, 5.74) is 1.47. The van der Waals surface area contributed by atoms with Crippen LogP contribution in [0.2, 0.25) is 0 Å². The summed E-state index contributed by atoms with van der Waals surface area (Å²) < 4.78 is 29.6. The van der Waals surface area contributed by atoms with Gasteiger partial charge in [-0.05, 0) is 50.1 Å². The standard InChI is InChI=1S/C30H32N2O9S/c1-6-13-40-27-19(9-8-10-21(27)37-4)26-25(29(36)39-7-2)17(3)31-30-32(26)28(35)23(42-30)15-18-11-12-20(22(14-18)38-5)41-16-24(33)34/h8-12,14-15,26H,6-7,13,16H2,1-5H3,(H,33,34)/b23-15-/t26-/m1/s1. The summed E-state index contributed by atoms with van der Waals surface area (Å²) in [5, 5.41) is 8.93. The Morgan fingerprint density at radius 1 is 1.07 bits per heavy atom. The maximum Gasteiger partial charge on any atom is 0.341 e. The molecule has 0 saturated carbocycles. The number of para-hydroxylation sites is 1. The Morgan fingerprint density at radius 2 is 1.83 bits per heavy atom. The maximum atomic E-state index is 14.0. The van der Waals surface area contributed by atoms with Gasteiger partial charge in [-0.2, -0.15) is 0 Å². The molecule has 1 aromatic heterocycles. The van der Waals surface area contributed by atoms with Crippen LogP contribution in [0.3, 0.4) is 0 Å². The highest BCUT2D eigenvalue weighted by Crippen LogP contribution is 2.41. The van der Waals surface area contributed by atoms with Crippen molar-refractivity contribution in [3.8, 4) is 23.0 Å². The van der Waals surface area contributed by atoms with E-state index in [2.05, 4.69) is 4.99 Å². The van der Waals surface area contributed by atoms with Crippen molar-refractivity contribution < 1.29 is 38.4 Å². The Hall–Kier alpha value is -4.58. The zero-order valence-electron chi connectivity index (χ0n) is 24.0. The van der Waals surface area contributed by atoms with Crippen LogP contribution in [0, 0.1) is 0 Å². The predicted molar refractivity (Wildman–Crippen MR) is 155 cm³/mol. The lowest BCUT2D eigenvalue weighted by Crippen LogP contribution is -2.40. The number of benzene rings is 2. The van der Waals surface area contributed by atoms with Crippen LogP contribution in [0.4, 0.5) is 0 Å². The van der Waals surface area contributed by atoms with Crippen LogP contribution in [0.15, 0.2) is 57.5 Å². The third-order valence-corrected chi connectivity index (χ3v) is 7.31. The average molecular weight is 597 g/mol. The molecule has 0 spiro atoms. The number of nitrogens with zero attached hydrogens (tertiary/aromatic N) is 2. The highest BCUT2D eigenvalue weighted by molar-refractivity contribution is 7.07. The third kappa shape index (κ3) is 6.18. The molecule has 0 aliphatic carbocycles. The molecule has 2 heterocycles. The minimum Gasteiger partial charge on any atom is -0.493 e. The average Bonchev–Trinajstić information content (AvgIpc) is 3.28. The summed E-state index contributed by atoms with van der Waals surface area (Å²) in [7, 11) is 2.97. The zero-order chi connectivity index (χ0) is 30.4. The first-order valence-electron chi connectivity index (χ1n) is 13.3. The van der Waals surface area contributed by atoms with Crippen molar-refractivity contribution in [3.05, 3.63) is 78.5 Å². The van der Waals surface area contributed by atoms with Gasteiger partial charge in [-0.1, -0.05) is 36.5 Å². The van der Waals surface area contributed by atoms with Crippen molar-refractivity contribution in [2.75, 3.05) is 34.0 Å². The van der Waals surface area contributed by atoms with Crippen molar-refractivity contribution in [1.82, 2.24) is 4.57 Å². The number of carboxylic acids is 1. The smallest absolute Gasteiger partial charge is 0.341 e. The molecule has 1 atom stereocenters. The van der Waals surface area contributed by atoms with Crippen molar-refractivity contribution >= 4 is 29.4 Å². The van der Waals surface area contributed by atoms with Gasteiger partial charge >= 0.3 is 11.9 Å². The number of carbonyl (C=O) groups is 2. The largest absolute Gasteiger partial charge is 0.493 e. The number of thiazole rings is 1. The van der Waals surface area contributed by atoms with Crippen molar-refractivity contribution in [2.24, 2.45) is 4.99 Å². The lowest BCUT2D eigenvalue weighted by Gasteiger charge is -2.27. The van der Waals surface area contributed by atoms with Crippen LogP contribution in [-0.2, 0) is 14.3 Å². The molecule has 222 valence electrons. The number of esters is 1. The third-order valence-electron chi connectivity index (χ3n) is 6.33. The lowest BCUT2D eigenvalue weighted by atomic mass is 9.94. The van der Waals surface area contributed by atoms with Gasteiger partial charge in [0.15, 0.2) is 34.4 Å². The Kier molecular flexibility index (Phi) is 9.68. The minimum atomic E-state index is -1.12. The second-order valence-corrected chi connectivity index (χ2v) is 10.1. The Morgan fingerprint density at radius 3 is 2.50 bits per heavy atom. The molecular formula is C30H32N2O9S. The number of hydrogen-bond donors (Lipinski definition) is 1. The zero-order valence-corrected chi connectivity index (χ0v) is 24.8. The molecule has 4 rings (SSSR count). The van der Waals surface area contributed by atoms with Gasteiger partial charge in [0.25, 0.3) is 5.56 Å². The van der Waals surface area contributed by atoms with E-state index in [9.17, 15) is 14.4 Å². The number of aromatic nitrogens is 1. The summed E-state index contributed by atoms with van der Waals surface area (Å²) in [6.45, 7) is 5.44. The van der Waals surface area contributed by atoms with Crippen LogP contribution in [0.25, 0.3) is 6.08 Å². The van der Waals surface area contributed by atoms with Gasteiger partial charge in [0.05, 0.1) is 43.2 Å². The number of carbonyl (C=O) groups excluding carboxylic acids is 1. The molecule has 12 heteroatoms. The van der Waals surface area contributed by atoms with Crippen LogP contribution in [0.1, 0.15) is 44.4 Å². The lowest BCUT2D eigenvalue weighted by molar-refractivity contribution is -0.140. The normalized spacial score (nSPS) is 14.6. The molecular weight excluding hydrogens is 564 g/mol. The Balaban J connectivity index is 1.92. The number of rotatable bonds is 12. The molecule has 0 saturated heterocycles. The molecule has 3 aromatic rings. The molecule has 0 amide bonds. The van der Waals surface area contributed by atoms with E-state index in [0.717, 1.165) is 6.42 Å². The number of ether oxygens (including phenoxy) is 5. The van der Waals surface area contributed by atoms with E-state index in [1.54, 1.807) is 56.3 Å². The SMILES string of the molecule is CCCOc1c(OC)cccc1[C@@H]1C(C(=O)OCC)=C(C)N=c2s/c(=C\c3ccc(OCC(=O)O)c(OC)c3)c(=O)n21. The van der Waals surface area contributed by atoms with Crippen LogP contribution in [0.5, 0.6) is 23.0 Å². The predicted octanol–water partition coefficient (Wildman–Crippen LogP) is 3.07. The number of aliphatic carboxylic acids is 1. The molecule has 42 heavy (non-hydrogen) atoms. The van der Waals surface area contributed by atoms with Gasteiger partial charge in [0, 0.05) is 5.56 Å². The van der Waals surface area contributed by atoms with E-state index in [1.807, 2.05) is 6.92 Å². The number of fused-ring (bicyclic) bond motifs is 1. The van der Waals surface area contributed by atoms with Gasteiger partial charge in [0.1, 0.15) is 6.04 Å². The Labute approximate surface area is 245 Å². The van der Waals surface area contributed by atoms with E-state index < -0.39 is 24.6 Å². The first-order valence-corrected chi connectivity index (χ1v) is 14.1. The molecule has 1 aliphatic rings. The Bertz CT molecular complexity index is 1700. The molecule has 11 nitrogen and oxygen atoms in total. The van der Waals surface area contributed by atoms with Crippen LogP contribution in [-0.4, -0.2) is 55.7 Å². The van der Waals surface area contributed by atoms with Gasteiger partial charge < -0.3 is 28.8 Å². The molecule has 2 aromatic carbocycles. The molecule has 0 bridgehead atoms. The fraction of sp³-hybridized carbons (Fsp3) is 0.333. The first kappa shape index (κ1) is 30.4. The van der Waals surface area contributed by atoms with Gasteiger partial charge in [-0.3, -0.25) is 9.36 Å². The quantitative estimate of drug-likeness (QED) is 0.313. The highest BCUT2D eigenvalue weighted by Gasteiger charge is 2.36. The number of methoxy groups -OCH3 is 2. The molecule has 0 radical (unpaired) electrons. The van der Waals surface area contributed by atoms with Crippen LogP contribution < -0.4 is 33.8 Å². The fourth-order valence-electron chi connectivity index (χ4n) is 4.54. The minimum absolute atomic E-state index is 0.151. The van der Waals surface area contributed by atoms with E-state index in [1.165, 1.54) is 30.1 Å². The first-order chi connectivity index (χ1) is 20.2. The highest BCUT2D eigenvalue weighted by atomic mass is 32.1. The monoisotopic (exact) mass is 596 g/mol. The van der Waals surface area contributed by atoms with E-state index >= 15 is 0 Å². The number of allylic oxidation sites excluding steroid dienone is 1. The van der Waals surface area contributed by atoms with E-state index in [-0.39, 0.29) is 23.5 Å². The second kappa shape index (κ2) is 13.4. The topological polar surface area (TPSA) is 135 Å². The molecule has 1 N–H and O–H groups in total. The summed E-state index contributed by atoms with van der Waals surface area (Å²) in [5.74, 6) is -0.230. The van der Waals surface area contributed by atoms with Gasteiger partial charge in [-0.25, -0.2) is 14.6 Å². The van der Waals surface area contributed by atoms with Gasteiger partial charge in [0.2, 0.25) is 0 Å². The molecule has 0 unspecified atom stereocenters. The molecule has 1 aliphatic heterocycles.